The van der Waals surface area contributed by atoms with Gasteiger partial charge in [-0.05, 0) is 42.8 Å². The Kier molecular flexibility index (Phi) is 5.78. The van der Waals surface area contributed by atoms with Crippen molar-refractivity contribution in [3.63, 3.8) is 0 Å². The van der Waals surface area contributed by atoms with Gasteiger partial charge in [0.1, 0.15) is 12.1 Å². The van der Waals surface area contributed by atoms with E-state index >= 15 is 0 Å². The van der Waals surface area contributed by atoms with Crippen molar-refractivity contribution in [1.29, 1.82) is 0 Å². The molecule has 1 aliphatic heterocycles. The van der Waals surface area contributed by atoms with Crippen LogP contribution in [0.25, 0.3) is 0 Å². The summed E-state index contributed by atoms with van der Waals surface area (Å²) in [6.45, 7) is 16.7. The minimum absolute atomic E-state index is 0.0312. The number of imide groups is 1. The minimum atomic E-state index is -2.04. The summed E-state index contributed by atoms with van der Waals surface area (Å²) < 4.78 is 11.7. The van der Waals surface area contributed by atoms with Crippen LogP contribution in [0.1, 0.15) is 38.1 Å². The first kappa shape index (κ1) is 20.4. The molecule has 2 rings (SSSR count). The molecule has 142 valence electrons. The van der Waals surface area contributed by atoms with Gasteiger partial charge in [0.2, 0.25) is 0 Å². The number of cyclic esters (lactones) is 1. The number of benzene rings is 1. The van der Waals surface area contributed by atoms with Crippen molar-refractivity contribution >= 4 is 20.3 Å². The van der Waals surface area contributed by atoms with Gasteiger partial charge >= 0.3 is 6.09 Å². The van der Waals surface area contributed by atoms with E-state index in [0.29, 0.717) is 11.1 Å². The van der Waals surface area contributed by atoms with Crippen LogP contribution in [0, 0.1) is 0 Å². The van der Waals surface area contributed by atoms with Crippen molar-refractivity contribution in [2.24, 2.45) is 0 Å². The predicted octanol–water partition coefficient (Wildman–Crippen LogP) is 4.61. The van der Waals surface area contributed by atoms with Crippen LogP contribution in [-0.4, -0.2) is 44.0 Å². The molecule has 1 saturated heterocycles. The Balaban J connectivity index is 2.29. The highest BCUT2D eigenvalue weighted by atomic mass is 28.4. The Hall–Kier alpha value is -1.92. The monoisotopic (exact) mass is 375 g/mol. The summed E-state index contributed by atoms with van der Waals surface area (Å²) >= 11 is 0. The third-order valence-electron chi connectivity index (χ3n) is 5.25. The lowest BCUT2D eigenvalue weighted by molar-refractivity contribution is 0.0732. The van der Waals surface area contributed by atoms with E-state index in [-0.39, 0.29) is 17.6 Å². The normalized spacial score (nSPS) is 20.8. The van der Waals surface area contributed by atoms with E-state index in [9.17, 15) is 9.59 Å². The number of hydrogen-bond donors (Lipinski definition) is 0. The van der Waals surface area contributed by atoms with Gasteiger partial charge in [0.15, 0.2) is 8.32 Å². The lowest BCUT2D eigenvalue weighted by Gasteiger charge is -2.37. The van der Waals surface area contributed by atoms with E-state index in [1.807, 2.05) is 6.07 Å². The van der Waals surface area contributed by atoms with Gasteiger partial charge in [-0.3, -0.25) is 4.79 Å². The van der Waals surface area contributed by atoms with Crippen LogP contribution >= 0.6 is 0 Å². The molecule has 0 bridgehead atoms. The Bertz CT molecular complexity index is 694. The van der Waals surface area contributed by atoms with Crippen LogP contribution in [0.4, 0.5) is 4.79 Å². The minimum Gasteiger partial charge on any atom is -0.439 e. The smallest absolute Gasteiger partial charge is 0.417 e. The lowest BCUT2D eigenvalue weighted by atomic mass is 10.0. The van der Waals surface area contributed by atoms with E-state index in [1.165, 1.54) is 4.90 Å². The highest BCUT2D eigenvalue weighted by Gasteiger charge is 2.47. The zero-order chi connectivity index (χ0) is 19.7. The summed E-state index contributed by atoms with van der Waals surface area (Å²) in [4.78, 5) is 26.5. The molecule has 1 aromatic rings. The molecule has 0 saturated carbocycles. The van der Waals surface area contributed by atoms with Gasteiger partial charge in [0, 0.05) is 5.56 Å². The van der Waals surface area contributed by atoms with Crippen molar-refractivity contribution in [3.05, 3.63) is 48.0 Å². The molecule has 26 heavy (non-hydrogen) atoms. The van der Waals surface area contributed by atoms with Crippen molar-refractivity contribution in [2.75, 3.05) is 6.61 Å². The number of carbonyl (C=O) groups is 2. The van der Waals surface area contributed by atoms with E-state index in [2.05, 4.69) is 40.4 Å². The predicted molar refractivity (Wildman–Crippen MR) is 105 cm³/mol. The average molecular weight is 376 g/mol. The number of rotatable bonds is 5. The maximum atomic E-state index is 12.9. The average Bonchev–Trinajstić information content (AvgIpc) is 2.89. The molecule has 6 heteroatoms. The van der Waals surface area contributed by atoms with Crippen molar-refractivity contribution in [3.8, 4) is 0 Å². The maximum absolute atomic E-state index is 12.9. The topological polar surface area (TPSA) is 55.8 Å². The van der Waals surface area contributed by atoms with Crippen LogP contribution < -0.4 is 0 Å². The van der Waals surface area contributed by atoms with Gasteiger partial charge in [0.25, 0.3) is 5.91 Å². The zero-order valence-corrected chi connectivity index (χ0v) is 17.5. The number of nitrogens with zero attached hydrogens (tertiary/aromatic N) is 1. The SMILES string of the molecule is C=C(C)[C@@H]1OC(=O)N(C(=O)c2ccccc2)[C@H]1CO[Si](C)(C)C(C)(C)C. The Morgan fingerprint density at radius 2 is 1.85 bits per heavy atom. The summed E-state index contributed by atoms with van der Waals surface area (Å²) in [5, 5.41) is 0.0312. The number of hydrogen-bond acceptors (Lipinski definition) is 4. The standard InChI is InChI=1S/C20H29NO4Si/c1-14(2)17-16(13-24-26(6,7)20(3,4)5)21(19(23)25-17)18(22)15-11-9-8-10-12-15/h8-12,16-17H,1,13H2,2-7H3/t16-,17-/m0/s1. The van der Waals surface area contributed by atoms with Crippen LogP contribution in [0.2, 0.25) is 18.1 Å². The van der Waals surface area contributed by atoms with Gasteiger partial charge in [-0.2, -0.15) is 0 Å². The van der Waals surface area contributed by atoms with Crippen molar-refractivity contribution < 1.29 is 18.8 Å². The molecule has 2 atom stereocenters. The van der Waals surface area contributed by atoms with Crippen LogP contribution in [0.15, 0.2) is 42.5 Å². The molecular formula is C20H29NO4Si. The maximum Gasteiger partial charge on any atom is 0.417 e. The molecule has 0 N–H and O–H groups in total. The van der Waals surface area contributed by atoms with E-state index < -0.39 is 26.6 Å². The van der Waals surface area contributed by atoms with Gasteiger partial charge in [-0.25, -0.2) is 9.69 Å². The van der Waals surface area contributed by atoms with Crippen LogP contribution in [0.3, 0.4) is 0 Å². The zero-order valence-electron chi connectivity index (χ0n) is 16.5. The number of amides is 2. The fourth-order valence-electron chi connectivity index (χ4n) is 2.57. The largest absolute Gasteiger partial charge is 0.439 e. The first-order chi connectivity index (χ1) is 12.0. The van der Waals surface area contributed by atoms with Gasteiger partial charge in [-0.1, -0.05) is 45.5 Å². The summed E-state index contributed by atoms with van der Waals surface area (Å²) in [5.41, 5.74) is 1.15. The first-order valence-electron chi connectivity index (χ1n) is 8.84. The second-order valence-electron chi connectivity index (χ2n) is 8.33. The van der Waals surface area contributed by atoms with Gasteiger partial charge in [-0.15, -0.1) is 0 Å². The molecule has 5 nitrogen and oxygen atoms in total. The third kappa shape index (κ3) is 4.07. The van der Waals surface area contributed by atoms with Crippen LogP contribution in [0.5, 0.6) is 0 Å². The molecule has 2 amide bonds. The molecule has 1 aromatic carbocycles. The summed E-state index contributed by atoms with van der Waals surface area (Å²) in [5.74, 6) is -0.372. The fraction of sp³-hybridized carbons (Fsp3) is 0.500. The van der Waals surface area contributed by atoms with E-state index in [0.717, 1.165) is 0 Å². The summed E-state index contributed by atoms with van der Waals surface area (Å²) in [7, 11) is -2.04. The van der Waals surface area contributed by atoms with Gasteiger partial charge in [0.05, 0.1) is 6.61 Å². The second-order valence-corrected chi connectivity index (χ2v) is 13.1. The second kappa shape index (κ2) is 7.37. The molecule has 1 heterocycles. The quantitative estimate of drug-likeness (QED) is 0.557. The van der Waals surface area contributed by atoms with Crippen molar-refractivity contribution in [2.45, 2.75) is 58.0 Å². The fourth-order valence-corrected chi connectivity index (χ4v) is 3.59. The molecule has 0 spiro atoms. The number of carbonyl (C=O) groups excluding carboxylic acids is 2. The molecular weight excluding hydrogens is 346 g/mol. The van der Waals surface area contributed by atoms with Crippen LogP contribution in [-0.2, 0) is 9.16 Å². The lowest BCUT2D eigenvalue weighted by Crippen LogP contribution is -2.49. The van der Waals surface area contributed by atoms with Gasteiger partial charge < -0.3 is 9.16 Å². The highest BCUT2D eigenvalue weighted by Crippen LogP contribution is 2.37. The molecule has 0 unspecified atom stereocenters. The highest BCUT2D eigenvalue weighted by molar-refractivity contribution is 6.74. The third-order valence-corrected chi connectivity index (χ3v) is 9.75. The molecule has 1 fully saturated rings. The molecule has 0 aliphatic carbocycles. The summed E-state index contributed by atoms with van der Waals surface area (Å²) in [6, 6.07) is 8.23. The molecule has 1 aliphatic rings. The molecule has 0 radical (unpaired) electrons. The number of ether oxygens (including phenoxy) is 1. The molecule has 0 aromatic heterocycles. The Morgan fingerprint density at radius 1 is 1.27 bits per heavy atom. The Morgan fingerprint density at radius 3 is 2.35 bits per heavy atom. The van der Waals surface area contributed by atoms with E-state index in [4.69, 9.17) is 9.16 Å². The Labute approximate surface area is 157 Å². The summed E-state index contributed by atoms with van der Waals surface area (Å²) in [6.07, 6.45) is -1.20. The van der Waals surface area contributed by atoms with E-state index in [1.54, 1.807) is 31.2 Å². The first-order valence-corrected chi connectivity index (χ1v) is 11.7. The van der Waals surface area contributed by atoms with Crippen molar-refractivity contribution in [1.82, 2.24) is 4.90 Å².